The number of nitrogens with two attached hydrogens (primary N) is 4. The number of hydrogen-bond donors (Lipinski definition) is 11. The van der Waals surface area contributed by atoms with Crippen LogP contribution in [0.1, 0.15) is 181 Å². The van der Waals surface area contributed by atoms with E-state index in [1.807, 2.05) is 114 Å². The number of carbonyl (C=O) groups is 6. The number of aliphatic imine (C=N–C) groups is 2. The number of amides is 6. The van der Waals surface area contributed by atoms with Crippen LogP contribution >= 0.6 is 11.6 Å². The van der Waals surface area contributed by atoms with Crippen LogP contribution in [0.3, 0.4) is 0 Å². The highest BCUT2D eigenvalue weighted by atomic mass is 35.5. The van der Waals surface area contributed by atoms with Gasteiger partial charge in [0.05, 0.1) is 24.5 Å². The fourth-order valence-corrected chi connectivity index (χ4v) is 17.0. The third-order valence-electron chi connectivity index (χ3n) is 23.4. The van der Waals surface area contributed by atoms with E-state index < -0.39 is 0 Å². The zero-order chi connectivity index (χ0) is 79.1. The Hall–Kier alpha value is -8.87. The van der Waals surface area contributed by atoms with Crippen molar-refractivity contribution in [1.82, 2.24) is 56.5 Å². The molecule has 606 valence electrons. The van der Waals surface area contributed by atoms with Gasteiger partial charge in [0.2, 0.25) is 23.6 Å². The average molecular weight is 1550 g/mol. The molecule has 2 aliphatic carbocycles. The molecular formula is C88H126ClN17O6. The SMILES string of the molecule is C=C(C)[C@H](CC)CN1CC[C@@H](CNC(=O)c2ccc3cc(Cl)ccc3c2)N[C@@H](CCN2CCCCC2)C1=O.NC(N)=NCCC[C@@H]1N[C@H](CNC(=O)Cc2c[nH]c3ccccc23)CCN(CC2CCCCC2)C1=O.NC(N)=NCCC[C@@H]1N[C@H](CNC(=O)c2ccc(-c3ccccc3)cc2)CCN(CC2CCCCC2)C1=O. The number of halogens is 1. The molecule has 5 aromatic carbocycles. The first-order chi connectivity index (χ1) is 54.3. The topological polar surface area (TPSA) is 332 Å². The van der Waals surface area contributed by atoms with Crippen LogP contribution in [0, 0.1) is 17.8 Å². The highest BCUT2D eigenvalue weighted by Crippen LogP contribution is 2.30. The van der Waals surface area contributed by atoms with Gasteiger partial charge in [0, 0.05) is 130 Å². The lowest BCUT2D eigenvalue weighted by atomic mass is 9.89. The van der Waals surface area contributed by atoms with E-state index in [9.17, 15) is 28.8 Å². The lowest BCUT2D eigenvalue weighted by Crippen LogP contribution is -2.50. The second-order valence-electron chi connectivity index (χ2n) is 31.9. The number of fused-ring (bicyclic) bond motifs is 2. The van der Waals surface area contributed by atoms with Gasteiger partial charge in [-0.25, -0.2) is 0 Å². The Balaban J connectivity index is 0.000000178. The highest BCUT2D eigenvalue weighted by Gasteiger charge is 2.36. The third-order valence-corrected chi connectivity index (χ3v) is 23.6. The summed E-state index contributed by atoms with van der Waals surface area (Å²) in [5.41, 5.74) is 28.4. The van der Waals surface area contributed by atoms with Gasteiger partial charge in [-0.1, -0.05) is 148 Å². The largest absolute Gasteiger partial charge is 0.370 e. The molecule has 6 aromatic rings. The minimum atomic E-state index is -0.303. The number of benzene rings is 5. The first kappa shape index (κ1) is 85.6. The van der Waals surface area contributed by atoms with Crippen molar-refractivity contribution >= 4 is 80.6 Å². The Kier molecular flexibility index (Phi) is 34.0. The fourth-order valence-electron chi connectivity index (χ4n) is 16.8. The molecule has 4 saturated heterocycles. The lowest BCUT2D eigenvalue weighted by Gasteiger charge is -2.31. The number of nitrogens with one attached hydrogen (secondary N) is 7. The molecule has 4 aliphatic heterocycles. The van der Waals surface area contributed by atoms with Crippen molar-refractivity contribution in [2.24, 2.45) is 50.7 Å². The molecule has 0 unspecified atom stereocenters. The molecule has 6 fully saturated rings. The molecule has 1 aromatic heterocycles. The van der Waals surface area contributed by atoms with Crippen LogP contribution in [0.4, 0.5) is 0 Å². The van der Waals surface area contributed by atoms with Crippen LogP contribution in [0.5, 0.6) is 0 Å². The molecule has 6 amide bonds. The summed E-state index contributed by atoms with van der Waals surface area (Å²) in [5.74, 6) is 1.92. The molecule has 24 heteroatoms. The summed E-state index contributed by atoms with van der Waals surface area (Å²) in [6.07, 6.45) is 25.4. The number of H-pyrrole nitrogens is 1. The molecule has 0 bridgehead atoms. The van der Waals surface area contributed by atoms with Gasteiger partial charge in [-0.3, -0.25) is 38.8 Å². The minimum absolute atomic E-state index is 0.0101. The zero-order valence-electron chi connectivity index (χ0n) is 66.4. The third kappa shape index (κ3) is 26.9. The number of aromatic amines is 1. The van der Waals surface area contributed by atoms with Gasteiger partial charge >= 0.3 is 0 Å². The van der Waals surface area contributed by atoms with Crippen LogP contribution in [-0.4, -0.2) is 200 Å². The first-order valence-corrected chi connectivity index (χ1v) is 42.1. The van der Waals surface area contributed by atoms with E-state index in [-0.39, 0.29) is 83.6 Å². The standard InChI is InChI=1S/C31H43ClN4O2.C30H42N6O2.C27H41N7O2/c1-4-23(22(2)3)21-36-17-12-28(34-29(31(36)38)13-16-35-14-6-5-7-15-35)20-33-30(37)26-9-8-25-19-27(32)11-10-24(25)18-26;31-30(32)33-18-7-12-27-29(38)36(21-22-8-3-1-4-9-22)19-17-26(35-27)20-34-28(37)25-15-13-24(14-16-25)23-10-5-2-6-11-23;28-27(29)30-13-6-11-24-26(36)34(18-19-7-2-1-3-8-19)14-12-21(33-24)17-32-25(35)15-20-16-31-23-10-5-4-9-22(20)23/h8-11,18-19,23,28-29,34H,2,4-7,12-17,20-21H2,1,3H3,(H,33,37);2,5-6,10-11,13-16,22,26-27,35H,1,3-4,7-9,12,17-21H2,(H,34,37)(H4,31,32,33);4-5,9-10,16,19,21,24,31,33H,1-3,6-8,11-15,17-18H2,(H,32,35)(H4,28,29,30)/t23-,28+,29+;26-,27-;21-,24-/m100/s1. The van der Waals surface area contributed by atoms with Crippen LogP contribution < -0.4 is 54.8 Å². The van der Waals surface area contributed by atoms with Crippen molar-refractivity contribution in [2.75, 3.05) is 91.6 Å². The Morgan fingerprint density at radius 1 is 0.545 bits per heavy atom. The number of likely N-dealkylation sites (tertiary alicyclic amines) is 1. The van der Waals surface area contributed by atoms with Gasteiger partial charge < -0.3 is 79.4 Å². The monoisotopic (exact) mass is 1550 g/mol. The second kappa shape index (κ2) is 44.5. The molecule has 12 rings (SSSR count). The van der Waals surface area contributed by atoms with Crippen molar-refractivity contribution < 1.29 is 28.8 Å². The van der Waals surface area contributed by atoms with Crippen molar-refractivity contribution in [3.05, 3.63) is 155 Å². The summed E-state index contributed by atoms with van der Waals surface area (Å²) in [5, 5.41) is 23.8. The number of hydrogen-bond acceptors (Lipinski definition) is 12. The Labute approximate surface area is 668 Å². The van der Waals surface area contributed by atoms with Crippen molar-refractivity contribution in [1.29, 1.82) is 0 Å². The number of rotatable bonds is 30. The molecule has 0 spiro atoms. The molecule has 7 atom stereocenters. The van der Waals surface area contributed by atoms with Gasteiger partial charge in [-0.2, -0.15) is 0 Å². The number of guanidine groups is 2. The Morgan fingerprint density at radius 3 is 1.59 bits per heavy atom. The maximum absolute atomic E-state index is 13.7. The second-order valence-corrected chi connectivity index (χ2v) is 32.4. The predicted octanol–water partition coefficient (Wildman–Crippen LogP) is 10.6. The molecule has 6 aliphatic rings. The number of piperidine rings is 1. The lowest BCUT2D eigenvalue weighted by molar-refractivity contribution is -0.134. The quantitative estimate of drug-likeness (QED) is 0.00865. The predicted molar refractivity (Wildman–Crippen MR) is 453 cm³/mol. The molecule has 15 N–H and O–H groups in total. The van der Waals surface area contributed by atoms with Gasteiger partial charge in [-0.05, 0) is 204 Å². The van der Waals surface area contributed by atoms with Gasteiger partial charge in [-0.15, -0.1) is 0 Å². The fraction of sp³-hybridized carbons (Fsp3) is 0.545. The Morgan fingerprint density at radius 2 is 1.03 bits per heavy atom. The van der Waals surface area contributed by atoms with Gasteiger partial charge in [0.1, 0.15) is 0 Å². The minimum Gasteiger partial charge on any atom is -0.370 e. The maximum atomic E-state index is 13.7. The summed E-state index contributed by atoms with van der Waals surface area (Å²) >= 11 is 6.10. The van der Waals surface area contributed by atoms with Crippen LogP contribution in [0.2, 0.25) is 5.02 Å². The normalized spacial score (nSPS) is 21.2. The van der Waals surface area contributed by atoms with E-state index in [1.165, 1.54) is 83.5 Å². The van der Waals surface area contributed by atoms with Crippen molar-refractivity contribution in [3.63, 3.8) is 0 Å². The number of para-hydroxylation sites is 1. The van der Waals surface area contributed by atoms with Crippen LogP contribution in [-0.2, 0) is 25.6 Å². The molecule has 112 heavy (non-hydrogen) atoms. The van der Waals surface area contributed by atoms with Crippen LogP contribution in [0.15, 0.2) is 144 Å². The van der Waals surface area contributed by atoms with Crippen molar-refractivity contribution in [2.45, 2.75) is 198 Å². The molecule has 5 heterocycles. The smallest absolute Gasteiger partial charge is 0.251 e. The zero-order valence-corrected chi connectivity index (χ0v) is 67.2. The van der Waals surface area contributed by atoms with Gasteiger partial charge in [0.15, 0.2) is 11.9 Å². The van der Waals surface area contributed by atoms with Crippen molar-refractivity contribution in [3.8, 4) is 11.1 Å². The molecule has 0 radical (unpaired) electrons. The first-order valence-electron chi connectivity index (χ1n) is 41.7. The van der Waals surface area contributed by atoms with Gasteiger partial charge in [0.25, 0.3) is 11.8 Å². The number of aromatic nitrogens is 1. The Bertz CT molecular complexity index is 4050. The van der Waals surface area contributed by atoms with E-state index in [2.05, 4.69) is 94.1 Å². The van der Waals surface area contributed by atoms with Crippen LogP contribution in [0.25, 0.3) is 32.8 Å². The number of carbonyl (C=O) groups excluding carboxylic acids is 6. The average Bonchev–Trinajstić information content (AvgIpc) is 1.75. The summed E-state index contributed by atoms with van der Waals surface area (Å²) in [6.45, 7) is 18.5. The van der Waals surface area contributed by atoms with E-state index in [0.29, 0.717) is 112 Å². The highest BCUT2D eigenvalue weighted by molar-refractivity contribution is 6.31. The summed E-state index contributed by atoms with van der Waals surface area (Å²) in [7, 11) is 0. The maximum Gasteiger partial charge on any atom is 0.251 e. The number of nitrogens with zero attached hydrogens (tertiary/aromatic N) is 6. The summed E-state index contributed by atoms with van der Waals surface area (Å²) in [6, 6.07) is 36.4. The van der Waals surface area contributed by atoms with E-state index in [1.54, 1.807) is 0 Å². The molecule has 2 saturated carbocycles. The van der Waals surface area contributed by atoms with E-state index in [0.717, 1.165) is 122 Å². The summed E-state index contributed by atoms with van der Waals surface area (Å²) in [4.78, 5) is 99.3. The molecule has 23 nitrogen and oxygen atoms in total. The van der Waals surface area contributed by atoms with E-state index >= 15 is 0 Å². The van der Waals surface area contributed by atoms with E-state index in [4.69, 9.17) is 34.5 Å². The molecular weight excluding hydrogens is 1430 g/mol. The summed E-state index contributed by atoms with van der Waals surface area (Å²) < 4.78 is 0.